The Morgan fingerprint density at radius 2 is 0.831 bits per heavy atom. The average molecular weight is 1100 g/mol. The molecule has 0 spiro atoms. The Labute approximate surface area is 476 Å². The Morgan fingerprint density at radius 1 is 0.468 bits per heavy atom. The molecule has 0 aromatic carbocycles. The summed E-state index contributed by atoms with van der Waals surface area (Å²) < 4.78 is 30.3. The average Bonchev–Trinajstić information content (AvgIpc) is 3.39. The maximum Gasteiger partial charge on any atom is 0.306 e. The molecule has 77 heavy (non-hydrogen) atoms. The molecular weight excluding hydrogens is 976 g/mol. The lowest BCUT2D eigenvalue weighted by Crippen LogP contribution is -2.47. The number of ether oxygens (including phenoxy) is 1. The topological polar surface area (TPSA) is 114 Å². The highest BCUT2D eigenvalue weighted by Gasteiger charge is 2.27. The number of quaternary nitrogens is 1. The Balaban J connectivity index is 5.14. The molecule has 0 saturated heterocycles. The van der Waals surface area contributed by atoms with E-state index in [1.165, 1.54) is 141 Å². The van der Waals surface area contributed by atoms with Gasteiger partial charge in [-0.1, -0.05) is 247 Å². The van der Waals surface area contributed by atoms with Crippen molar-refractivity contribution >= 4 is 19.7 Å². The van der Waals surface area contributed by atoms with Gasteiger partial charge in [-0.05, 0) is 102 Å². The summed E-state index contributed by atoms with van der Waals surface area (Å²) in [6.07, 6.45) is 74.1. The molecule has 0 rings (SSSR count). The second-order valence-corrected chi connectivity index (χ2v) is 23.9. The van der Waals surface area contributed by atoms with Crippen LogP contribution in [-0.4, -0.2) is 69.4 Å². The second-order valence-electron chi connectivity index (χ2n) is 22.5. The van der Waals surface area contributed by atoms with Crippen LogP contribution in [0.3, 0.4) is 0 Å². The van der Waals surface area contributed by atoms with E-state index in [0.717, 1.165) is 96.3 Å². The van der Waals surface area contributed by atoms with Crippen LogP contribution in [0.1, 0.15) is 278 Å². The van der Waals surface area contributed by atoms with Gasteiger partial charge in [-0.15, -0.1) is 0 Å². The lowest BCUT2D eigenvalue weighted by molar-refractivity contribution is -0.870. The zero-order chi connectivity index (χ0) is 56.4. The van der Waals surface area contributed by atoms with Crippen LogP contribution in [-0.2, 0) is 27.9 Å². The standard InChI is InChI=1S/C67H121N2O7P/c1-7-10-13-16-19-22-25-28-30-31-32-33-34-35-36-37-38-39-40-42-45-48-51-54-57-60-67(71)76-65(58-55-52-49-46-43-27-24-21-18-15-12-9-3)64(63-75-77(72,73)74-62-61-69(4,5)6)68-66(70)59-56-53-50-47-44-41-29-26-23-20-17-14-11-8-2/h11,14,19-20,22-23,28-30,32-33,41,55,58,64-65H,7-10,12-13,15-18,21,24-27,31,34-40,42-54,56-57,59-63H2,1-6H3,(H-,68,70,72,73)/b14-11+,22-19-,23-20+,30-28-,33-32-,41-29+,58-55-. The molecule has 3 atom stereocenters. The molecular formula is C67H121N2O7P. The fraction of sp³-hybridized carbons (Fsp3) is 0.761. The number of nitrogens with one attached hydrogen (secondary N) is 1. The molecule has 3 unspecified atom stereocenters. The number of carbonyl (C=O) groups excluding carboxylic acids is 2. The van der Waals surface area contributed by atoms with Gasteiger partial charge in [0, 0.05) is 12.8 Å². The highest BCUT2D eigenvalue weighted by Crippen LogP contribution is 2.38. The maximum atomic E-state index is 13.5. The number of hydrogen-bond acceptors (Lipinski definition) is 7. The fourth-order valence-electron chi connectivity index (χ4n) is 8.90. The van der Waals surface area contributed by atoms with Crippen LogP contribution in [0, 0.1) is 0 Å². The Kier molecular flexibility index (Phi) is 54.4. The van der Waals surface area contributed by atoms with E-state index < -0.39 is 26.6 Å². The summed E-state index contributed by atoms with van der Waals surface area (Å²) in [6.45, 7) is 6.69. The van der Waals surface area contributed by atoms with Crippen LogP contribution in [0.5, 0.6) is 0 Å². The van der Waals surface area contributed by atoms with Crippen molar-refractivity contribution < 1.29 is 37.3 Å². The van der Waals surface area contributed by atoms with Gasteiger partial charge in [-0.3, -0.25) is 14.2 Å². The number of nitrogens with zero attached hydrogens (tertiary/aromatic N) is 1. The summed E-state index contributed by atoms with van der Waals surface area (Å²) >= 11 is 0. The van der Waals surface area contributed by atoms with E-state index in [4.69, 9.17) is 13.8 Å². The molecule has 446 valence electrons. The third-order valence-electron chi connectivity index (χ3n) is 13.8. The molecule has 0 aliphatic carbocycles. The fourth-order valence-corrected chi connectivity index (χ4v) is 9.62. The Bertz CT molecular complexity index is 1590. The lowest BCUT2D eigenvalue weighted by Gasteiger charge is -2.30. The summed E-state index contributed by atoms with van der Waals surface area (Å²) in [4.78, 5) is 40.0. The first-order valence-corrected chi connectivity index (χ1v) is 33.4. The van der Waals surface area contributed by atoms with E-state index in [0.29, 0.717) is 17.4 Å². The number of phosphoric ester groups is 1. The van der Waals surface area contributed by atoms with Crippen LogP contribution >= 0.6 is 7.82 Å². The molecule has 0 radical (unpaired) electrons. The molecule has 10 heteroatoms. The Morgan fingerprint density at radius 3 is 1.27 bits per heavy atom. The van der Waals surface area contributed by atoms with Gasteiger partial charge in [-0.2, -0.15) is 0 Å². The summed E-state index contributed by atoms with van der Waals surface area (Å²) in [7, 11) is 1.16. The van der Waals surface area contributed by atoms with Crippen LogP contribution in [0.15, 0.2) is 85.1 Å². The number of esters is 1. The number of hydrogen-bond donors (Lipinski definition) is 1. The van der Waals surface area contributed by atoms with Crippen molar-refractivity contribution in [2.24, 2.45) is 0 Å². The molecule has 0 aliphatic rings. The van der Waals surface area contributed by atoms with Crippen molar-refractivity contribution in [3.63, 3.8) is 0 Å². The number of allylic oxidation sites excluding steroid dienone is 13. The lowest BCUT2D eigenvalue weighted by atomic mass is 10.0. The van der Waals surface area contributed by atoms with E-state index in [2.05, 4.69) is 99.0 Å². The first-order chi connectivity index (χ1) is 37.4. The molecule has 0 saturated carbocycles. The van der Waals surface area contributed by atoms with Crippen molar-refractivity contribution in [2.75, 3.05) is 40.9 Å². The van der Waals surface area contributed by atoms with Crippen molar-refractivity contribution in [1.82, 2.24) is 5.32 Å². The summed E-state index contributed by atoms with van der Waals surface area (Å²) in [5, 5.41) is 3.01. The molecule has 0 aliphatic heterocycles. The van der Waals surface area contributed by atoms with Gasteiger partial charge in [0.15, 0.2) is 0 Å². The summed E-state index contributed by atoms with van der Waals surface area (Å²) in [5.41, 5.74) is 0. The molecule has 0 aromatic heterocycles. The van der Waals surface area contributed by atoms with Crippen LogP contribution in [0.4, 0.5) is 0 Å². The van der Waals surface area contributed by atoms with Gasteiger partial charge in [0.2, 0.25) is 5.91 Å². The number of amides is 1. The minimum Gasteiger partial charge on any atom is -0.756 e. The Hall–Kier alpha value is -2.81. The van der Waals surface area contributed by atoms with Crippen LogP contribution in [0.2, 0.25) is 0 Å². The predicted octanol–water partition coefficient (Wildman–Crippen LogP) is 19.1. The van der Waals surface area contributed by atoms with Crippen molar-refractivity contribution in [2.45, 2.75) is 290 Å². The smallest absolute Gasteiger partial charge is 0.306 e. The van der Waals surface area contributed by atoms with Gasteiger partial charge in [0.25, 0.3) is 7.82 Å². The van der Waals surface area contributed by atoms with E-state index in [9.17, 15) is 19.0 Å². The third kappa shape index (κ3) is 57.7. The normalized spacial score (nSPS) is 14.2. The number of unbranched alkanes of at least 4 members (excludes halogenated alkanes) is 29. The highest BCUT2D eigenvalue weighted by molar-refractivity contribution is 7.45. The van der Waals surface area contributed by atoms with E-state index in [-0.39, 0.29) is 31.3 Å². The summed E-state index contributed by atoms with van der Waals surface area (Å²) in [6, 6.07) is -0.904. The maximum absolute atomic E-state index is 13.5. The van der Waals surface area contributed by atoms with Crippen molar-refractivity contribution in [1.29, 1.82) is 0 Å². The van der Waals surface area contributed by atoms with Gasteiger partial charge in [0.05, 0.1) is 33.8 Å². The zero-order valence-electron chi connectivity index (χ0n) is 50.9. The molecule has 0 heterocycles. The highest BCUT2D eigenvalue weighted by atomic mass is 31.2. The SMILES string of the molecule is CC/C=C/C/C=C/C/C=C/CCCCCCC(=O)NC(COP(=O)([O-])OCC[N+](C)(C)C)C(/C=C\CCCCCCCCCCCC)OC(=O)CCCCCCCCCCCCCC/C=C\C/C=C\C/C=C\CCCCC. The molecule has 1 N–H and O–H groups in total. The molecule has 9 nitrogen and oxygen atoms in total. The predicted molar refractivity (Wildman–Crippen MR) is 330 cm³/mol. The number of rotatable bonds is 57. The quantitative estimate of drug-likeness (QED) is 0.0212. The minimum absolute atomic E-state index is 0.0300. The molecule has 0 bridgehead atoms. The van der Waals surface area contributed by atoms with Gasteiger partial charge in [0.1, 0.15) is 19.3 Å². The second kappa shape index (κ2) is 56.5. The van der Waals surface area contributed by atoms with Gasteiger partial charge >= 0.3 is 5.97 Å². The van der Waals surface area contributed by atoms with Crippen molar-refractivity contribution in [3.8, 4) is 0 Å². The van der Waals surface area contributed by atoms with Crippen molar-refractivity contribution in [3.05, 3.63) is 85.1 Å². The molecule has 0 aromatic rings. The molecule has 1 amide bonds. The monoisotopic (exact) mass is 1100 g/mol. The summed E-state index contributed by atoms with van der Waals surface area (Å²) in [5.74, 6) is -0.568. The van der Waals surface area contributed by atoms with Crippen LogP contribution < -0.4 is 10.2 Å². The number of likely N-dealkylation sites (N-methyl/N-ethyl adjacent to an activating group) is 1. The van der Waals surface area contributed by atoms with Gasteiger partial charge in [-0.25, -0.2) is 0 Å². The zero-order valence-corrected chi connectivity index (χ0v) is 51.8. The first kappa shape index (κ1) is 74.2. The van der Waals surface area contributed by atoms with E-state index in [1.807, 2.05) is 33.3 Å². The van der Waals surface area contributed by atoms with Crippen LogP contribution in [0.25, 0.3) is 0 Å². The minimum atomic E-state index is -4.71. The number of carbonyl (C=O) groups is 2. The third-order valence-corrected chi connectivity index (χ3v) is 14.8. The largest absolute Gasteiger partial charge is 0.756 e. The van der Waals surface area contributed by atoms with Gasteiger partial charge < -0.3 is 28.5 Å². The number of phosphoric acid groups is 1. The van der Waals surface area contributed by atoms with E-state index >= 15 is 0 Å². The molecule has 0 fully saturated rings. The van der Waals surface area contributed by atoms with E-state index in [1.54, 1.807) is 0 Å². The first-order valence-electron chi connectivity index (χ1n) is 31.9.